The predicted molar refractivity (Wildman–Crippen MR) is 135 cm³/mol. The normalized spacial score (nSPS) is 23.5. The number of amides is 1. The van der Waals surface area contributed by atoms with Crippen LogP contribution in [0.3, 0.4) is 0 Å². The van der Waals surface area contributed by atoms with Crippen molar-refractivity contribution in [2.24, 2.45) is 16.1 Å². The number of anilines is 2. The number of hydrogen-bond donors (Lipinski definition) is 2. The zero-order valence-corrected chi connectivity index (χ0v) is 20.3. The Labute approximate surface area is 208 Å². The number of nitrogens with zero attached hydrogens (tertiary/aromatic N) is 2. The first kappa shape index (κ1) is 22.3. The third kappa shape index (κ3) is 2.75. The van der Waals surface area contributed by atoms with Crippen LogP contribution >= 0.6 is 0 Å². The Morgan fingerprint density at radius 1 is 1.11 bits per heavy atom. The largest absolute Gasteiger partial charge is 0.462 e. The quantitative estimate of drug-likeness (QED) is 0.633. The molecule has 8 heteroatoms. The highest BCUT2D eigenvalue weighted by atomic mass is 16.5. The molecule has 3 aliphatic heterocycles. The molecule has 0 saturated carbocycles. The van der Waals surface area contributed by atoms with Gasteiger partial charge in [0.2, 0.25) is 5.91 Å². The third-order valence-corrected chi connectivity index (χ3v) is 7.35. The molecule has 1 spiro atoms. The Morgan fingerprint density at radius 3 is 2.61 bits per heavy atom. The molecular formula is C28H26N4O4. The number of benzene rings is 2. The molecule has 4 aliphatic rings. The van der Waals surface area contributed by atoms with Crippen molar-refractivity contribution in [2.45, 2.75) is 39.0 Å². The number of Topliss-reactive ketones (excluding diaryl/α,β-unsaturated/α-hetero) is 1. The summed E-state index contributed by atoms with van der Waals surface area (Å²) in [4.78, 5) is 48.4. The first-order chi connectivity index (χ1) is 17.2. The Bertz CT molecular complexity index is 1480. The zero-order chi connectivity index (χ0) is 25.4. The average molecular weight is 483 g/mol. The van der Waals surface area contributed by atoms with Crippen LogP contribution in [0.2, 0.25) is 0 Å². The topological polar surface area (TPSA) is 114 Å². The predicted octanol–water partition coefficient (Wildman–Crippen LogP) is 3.53. The van der Waals surface area contributed by atoms with E-state index in [2.05, 4.69) is 5.32 Å². The van der Waals surface area contributed by atoms with Gasteiger partial charge in [0.1, 0.15) is 16.8 Å². The van der Waals surface area contributed by atoms with E-state index in [1.165, 1.54) is 0 Å². The van der Waals surface area contributed by atoms with E-state index in [4.69, 9.17) is 15.5 Å². The average Bonchev–Trinajstić information content (AvgIpc) is 3.10. The van der Waals surface area contributed by atoms with Gasteiger partial charge in [0, 0.05) is 34.5 Å². The van der Waals surface area contributed by atoms with Crippen molar-refractivity contribution in [3.05, 3.63) is 82.3 Å². The lowest BCUT2D eigenvalue weighted by atomic mass is 9.60. The molecule has 0 radical (unpaired) electrons. The second kappa shape index (κ2) is 7.40. The van der Waals surface area contributed by atoms with Gasteiger partial charge in [0.15, 0.2) is 11.6 Å². The highest BCUT2D eigenvalue weighted by Crippen LogP contribution is 2.58. The van der Waals surface area contributed by atoms with Crippen LogP contribution in [0.15, 0.2) is 76.2 Å². The van der Waals surface area contributed by atoms with E-state index >= 15 is 0 Å². The van der Waals surface area contributed by atoms with Gasteiger partial charge in [-0.25, -0.2) is 9.79 Å². The molecular weight excluding hydrogens is 456 g/mol. The van der Waals surface area contributed by atoms with Crippen molar-refractivity contribution in [1.29, 1.82) is 0 Å². The lowest BCUT2D eigenvalue weighted by Gasteiger charge is -2.48. The smallest absolute Gasteiger partial charge is 0.339 e. The number of ether oxygens (including phenoxy) is 1. The van der Waals surface area contributed by atoms with Crippen LogP contribution in [0.4, 0.5) is 11.4 Å². The van der Waals surface area contributed by atoms with Gasteiger partial charge in [0.05, 0.1) is 12.3 Å². The number of esters is 1. The molecule has 0 saturated heterocycles. The van der Waals surface area contributed by atoms with E-state index in [0.29, 0.717) is 40.2 Å². The Balaban J connectivity index is 1.80. The number of nitrogens with one attached hydrogen (secondary N) is 1. The van der Waals surface area contributed by atoms with Crippen molar-refractivity contribution < 1.29 is 19.1 Å². The summed E-state index contributed by atoms with van der Waals surface area (Å²) in [7, 11) is 0. The van der Waals surface area contributed by atoms with Crippen LogP contribution < -0.4 is 16.0 Å². The van der Waals surface area contributed by atoms with E-state index < -0.39 is 17.3 Å². The van der Waals surface area contributed by atoms with Crippen molar-refractivity contribution in [1.82, 2.24) is 0 Å². The van der Waals surface area contributed by atoms with Gasteiger partial charge in [0.25, 0.3) is 0 Å². The second-order valence-electron chi connectivity index (χ2n) is 10.3. The number of carbonyl (C=O) groups excluding carboxylic acids is 3. The molecule has 0 bridgehead atoms. The molecule has 3 N–H and O–H groups in total. The van der Waals surface area contributed by atoms with E-state index in [-0.39, 0.29) is 41.5 Å². The van der Waals surface area contributed by atoms with Gasteiger partial charge in [-0.15, -0.1) is 0 Å². The first-order valence-electron chi connectivity index (χ1n) is 12.0. The van der Waals surface area contributed by atoms with Gasteiger partial charge < -0.3 is 15.8 Å². The summed E-state index contributed by atoms with van der Waals surface area (Å²) in [6, 6.07) is 14.6. The van der Waals surface area contributed by atoms with Gasteiger partial charge >= 0.3 is 5.97 Å². The molecule has 3 heterocycles. The summed E-state index contributed by atoms with van der Waals surface area (Å²) in [6.45, 7) is 5.85. The van der Waals surface area contributed by atoms with Gasteiger partial charge in [-0.3, -0.25) is 14.5 Å². The number of fused-ring (bicyclic) bond motifs is 7. The minimum atomic E-state index is -1.69. The van der Waals surface area contributed by atoms with Gasteiger partial charge in [-0.1, -0.05) is 44.2 Å². The van der Waals surface area contributed by atoms with E-state index in [1.54, 1.807) is 31.2 Å². The molecule has 6 rings (SSSR count). The van der Waals surface area contributed by atoms with Crippen LogP contribution in [-0.2, 0) is 24.5 Å². The molecule has 1 amide bonds. The van der Waals surface area contributed by atoms with Crippen molar-refractivity contribution in [2.75, 3.05) is 16.8 Å². The third-order valence-electron chi connectivity index (χ3n) is 7.35. The molecule has 36 heavy (non-hydrogen) atoms. The molecule has 182 valence electrons. The number of amidine groups is 1. The lowest BCUT2D eigenvalue weighted by Crippen LogP contribution is -2.53. The second-order valence-corrected chi connectivity index (χ2v) is 10.3. The molecule has 1 atom stereocenters. The summed E-state index contributed by atoms with van der Waals surface area (Å²) in [5.41, 5.74) is 7.83. The van der Waals surface area contributed by atoms with Crippen molar-refractivity contribution >= 4 is 34.9 Å². The Kier molecular flexibility index (Phi) is 4.58. The number of nitrogens with two attached hydrogens (primary N) is 1. The number of ketones is 1. The van der Waals surface area contributed by atoms with Crippen LogP contribution in [0.5, 0.6) is 0 Å². The van der Waals surface area contributed by atoms with E-state index in [0.717, 1.165) is 0 Å². The van der Waals surface area contributed by atoms with E-state index in [9.17, 15) is 14.4 Å². The SMILES string of the molecule is CCOC(=O)C1=C2N=C(N)c3ccccc3N2C2=C(C(=O)CC(C)(C)C2)C12C(=O)Nc1ccccc12. The Hall–Kier alpha value is -4.20. The highest BCUT2D eigenvalue weighted by Gasteiger charge is 2.63. The number of aliphatic imine (C=N–C) groups is 1. The monoisotopic (exact) mass is 482 g/mol. The molecule has 1 unspecified atom stereocenters. The minimum Gasteiger partial charge on any atom is -0.462 e. The van der Waals surface area contributed by atoms with Crippen LogP contribution in [0.1, 0.15) is 44.7 Å². The maximum atomic E-state index is 14.1. The minimum absolute atomic E-state index is 0.0102. The van der Waals surface area contributed by atoms with Crippen LogP contribution in [0.25, 0.3) is 0 Å². The van der Waals surface area contributed by atoms with E-state index in [1.807, 2.05) is 43.0 Å². The number of allylic oxidation sites excluding steroid dienone is 1. The fourth-order valence-electron chi connectivity index (χ4n) is 6.06. The highest BCUT2D eigenvalue weighted by molar-refractivity contribution is 6.24. The molecule has 0 aromatic heterocycles. The number of para-hydroxylation sites is 2. The summed E-state index contributed by atoms with van der Waals surface area (Å²) < 4.78 is 5.51. The number of carbonyl (C=O) groups is 3. The number of hydrogen-bond acceptors (Lipinski definition) is 7. The Morgan fingerprint density at radius 2 is 1.83 bits per heavy atom. The van der Waals surface area contributed by atoms with Gasteiger partial charge in [-0.05, 0) is 37.0 Å². The van der Waals surface area contributed by atoms with Crippen LogP contribution in [-0.4, -0.2) is 30.1 Å². The van der Waals surface area contributed by atoms with Crippen LogP contribution in [0, 0.1) is 5.41 Å². The fraction of sp³-hybridized carbons (Fsp3) is 0.286. The summed E-state index contributed by atoms with van der Waals surface area (Å²) >= 11 is 0. The summed E-state index contributed by atoms with van der Waals surface area (Å²) in [5.74, 6) is -0.891. The zero-order valence-electron chi connectivity index (χ0n) is 20.3. The van der Waals surface area contributed by atoms with Gasteiger partial charge in [-0.2, -0.15) is 0 Å². The molecule has 2 aromatic rings. The maximum Gasteiger partial charge on any atom is 0.339 e. The fourth-order valence-corrected chi connectivity index (χ4v) is 6.06. The van der Waals surface area contributed by atoms with Crippen molar-refractivity contribution in [3.63, 3.8) is 0 Å². The lowest BCUT2D eigenvalue weighted by molar-refractivity contribution is -0.140. The summed E-state index contributed by atoms with van der Waals surface area (Å²) in [5, 5.41) is 2.92. The first-order valence-corrected chi connectivity index (χ1v) is 12.0. The molecule has 0 fully saturated rings. The number of rotatable bonds is 2. The van der Waals surface area contributed by atoms with Crippen molar-refractivity contribution in [3.8, 4) is 0 Å². The molecule has 2 aromatic carbocycles. The molecule has 1 aliphatic carbocycles. The molecule has 8 nitrogen and oxygen atoms in total. The standard InChI is InChI=1S/C28H26N4O4/c1-4-36-25(34)22-24-31-23(29)15-9-5-8-12-18(15)32(24)19-13-27(2,3)14-20(33)21(19)28(22)16-10-6-7-11-17(16)30-26(28)35/h5-12H,4,13-14H2,1-3H3,(H2,29,31)(H,30,35). The maximum absolute atomic E-state index is 14.1. The summed E-state index contributed by atoms with van der Waals surface area (Å²) in [6.07, 6.45) is 0.754.